The van der Waals surface area contributed by atoms with Crippen molar-refractivity contribution in [3.8, 4) is 0 Å². The zero-order chi connectivity index (χ0) is 17.4. The highest BCUT2D eigenvalue weighted by Gasteiger charge is 2.26. The first-order valence-electron chi connectivity index (χ1n) is 7.65. The van der Waals surface area contributed by atoms with Crippen LogP contribution in [0.4, 0.5) is 5.95 Å². The molecule has 0 aliphatic carbocycles. The Labute approximate surface area is 159 Å². The molecule has 7 heteroatoms. The fraction of sp³-hybridized carbons (Fsp3) is 0.111. The minimum Gasteiger partial charge on any atom is -0.324 e. The van der Waals surface area contributed by atoms with Gasteiger partial charge in [0.2, 0.25) is 11.1 Å². The number of anilines is 1. The molecule has 0 spiro atoms. The van der Waals surface area contributed by atoms with E-state index >= 15 is 0 Å². The summed E-state index contributed by atoms with van der Waals surface area (Å²) in [4.78, 5) is 4.56. The van der Waals surface area contributed by atoms with Crippen molar-refractivity contribution in [1.82, 2.24) is 14.8 Å². The van der Waals surface area contributed by atoms with E-state index in [1.165, 1.54) is 11.8 Å². The second-order valence-electron chi connectivity index (χ2n) is 5.55. The molecule has 0 fully saturated rings. The molecule has 2 heterocycles. The van der Waals surface area contributed by atoms with Gasteiger partial charge in [0.05, 0.1) is 0 Å². The lowest BCUT2D eigenvalue weighted by Crippen LogP contribution is -2.20. The first kappa shape index (κ1) is 16.5. The average Bonchev–Trinajstić information content (AvgIpc) is 3.05. The number of hydrogen-bond donors (Lipinski definition) is 1. The summed E-state index contributed by atoms with van der Waals surface area (Å²) >= 11 is 14.0. The number of thioether (sulfide) groups is 1. The van der Waals surface area contributed by atoms with Gasteiger partial charge in [0.1, 0.15) is 6.04 Å². The van der Waals surface area contributed by atoms with Gasteiger partial charge < -0.3 is 5.32 Å². The topological polar surface area (TPSA) is 42.7 Å². The zero-order valence-electron chi connectivity index (χ0n) is 13.3. The predicted molar refractivity (Wildman–Crippen MR) is 104 cm³/mol. The number of hydrogen-bond acceptors (Lipinski definition) is 4. The molecular weight excluding hydrogens is 375 g/mol. The SMILES string of the molecule is CSc1nc2n(n1)[C@H](c1ccc(Cl)cc1Cl)C=C(c1ccccc1)N2. The number of nitrogens with one attached hydrogen (secondary N) is 1. The van der Waals surface area contributed by atoms with Gasteiger partial charge in [-0.3, -0.25) is 0 Å². The Morgan fingerprint density at radius 2 is 1.92 bits per heavy atom. The van der Waals surface area contributed by atoms with E-state index in [0.29, 0.717) is 21.2 Å². The van der Waals surface area contributed by atoms with E-state index in [-0.39, 0.29) is 6.04 Å². The summed E-state index contributed by atoms with van der Waals surface area (Å²) in [6.07, 6.45) is 4.06. The second kappa shape index (κ2) is 6.75. The summed E-state index contributed by atoms with van der Waals surface area (Å²) in [6, 6.07) is 15.5. The van der Waals surface area contributed by atoms with Crippen LogP contribution in [-0.4, -0.2) is 21.0 Å². The fourth-order valence-electron chi connectivity index (χ4n) is 2.81. The largest absolute Gasteiger partial charge is 0.324 e. The summed E-state index contributed by atoms with van der Waals surface area (Å²) in [5.74, 6) is 0.696. The van der Waals surface area contributed by atoms with Crippen molar-refractivity contribution in [1.29, 1.82) is 0 Å². The zero-order valence-corrected chi connectivity index (χ0v) is 15.6. The first-order chi connectivity index (χ1) is 12.2. The fourth-order valence-corrected chi connectivity index (χ4v) is 3.68. The number of rotatable bonds is 3. The summed E-state index contributed by atoms with van der Waals surface area (Å²) < 4.78 is 1.85. The van der Waals surface area contributed by atoms with Crippen LogP contribution < -0.4 is 5.32 Å². The summed E-state index contributed by atoms with van der Waals surface area (Å²) in [7, 11) is 0. The molecule has 0 amide bonds. The van der Waals surface area contributed by atoms with Gasteiger partial charge in [-0.2, -0.15) is 4.98 Å². The Hall–Kier alpha value is -1.95. The molecule has 126 valence electrons. The van der Waals surface area contributed by atoms with Crippen LogP contribution in [0, 0.1) is 0 Å². The molecule has 1 aliphatic heterocycles. The predicted octanol–water partition coefficient (Wildman–Crippen LogP) is 5.36. The van der Waals surface area contributed by atoms with Crippen LogP contribution in [0.3, 0.4) is 0 Å². The number of fused-ring (bicyclic) bond motifs is 1. The minimum atomic E-state index is -0.162. The Bertz CT molecular complexity index is 953. The van der Waals surface area contributed by atoms with Crippen LogP contribution in [-0.2, 0) is 0 Å². The number of benzene rings is 2. The lowest BCUT2D eigenvalue weighted by atomic mass is 10.0. The Morgan fingerprint density at radius 3 is 2.64 bits per heavy atom. The molecule has 1 aromatic heterocycles. The van der Waals surface area contributed by atoms with Crippen molar-refractivity contribution >= 4 is 46.6 Å². The molecule has 1 aliphatic rings. The molecule has 0 saturated carbocycles. The number of allylic oxidation sites excluding steroid dienone is 1. The quantitative estimate of drug-likeness (QED) is 0.612. The number of halogens is 2. The molecule has 0 unspecified atom stereocenters. The normalized spacial score (nSPS) is 16.1. The van der Waals surface area contributed by atoms with Crippen molar-refractivity contribution in [3.05, 3.63) is 75.8 Å². The van der Waals surface area contributed by atoms with Crippen molar-refractivity contribution in [3.63, 3.8) is 0 Å². The van der Waals surface area contributed by atoms with E-state index in [9.17, 15) is 0 Å². The Balaban J connectivity index is 1.86. The minimum absolute atomic E-state index is 0.162. The number of aromatic nitrogens is 3. The highest BCUT2D eigenvalue weighted by atomic mass is 35.5. The maximum Gasteiger partial charge on any atom is 0.227 e. The standard InChI is InChI=1S/C18H14Cl2N4S/c1-25-18-22-17-21-15(11-5-3-2-4-6-11)10-16(24(17)23-18)13-8-7-12(19)9-14(13)20/h2-10,16H,1H3,(H,21,22,23)/t16-/m0/s1. The van der Waals surface area contributed by atoms with Crippen LogP contribution in [0.15, 0.2) is 59.8 Å². The first-order valence-corrected chi connectivity index (χ1v) is 9.63. The van der Waals surface area contributed by atoms with E-state index in [2.05, 4.69) is 33.6 Å². The van der Waals surface area contributed by atoms with Crippen LogP contribution >= 0.6 is 35.0 Å². The van der Waals surface area contributed by atoms with Crippen LogP contribution in [0.1, 0.15) is 17.2 Å². The van der Waals surface area contributed by atoms with E-state index in [1.54, 1.807) is 6.07 Å². The van der Waals surface area contributed by atoms with Gasteiger partial charge in [-0.05, 0) is 35.6 Å². The van der Waals surface area contributed by atoms with Crippen molar-refractivity contribution in [2.45, 2.75) is 11.2 Å². The molecule has 1 atom stereocenters. The third kappa shape index (κ3) is 3.15. The third-order valence-electron chi connectivity index (χ3n) is 3.99. The highest BCUT2D eigenvalue weighted by molar-refractivity contribution is 7.98. The van der Waals surface area contributed by atoms with Gasteiger partial charge in [0.25, 0.3) is 0 Å². The van der Waals surface area contributed by atoms with Crippen molar-refractivity contribution in [2.24, 2.45) is 0 Å². The molecule has 0 saturated heterocycles. The summed E-state index contributed by atoms with van der Waals surface area (Å²) in [6.45, 7) is 0. The molecule has 1 N–H and O–H groups in total. The van der Waals surface area contributed by atoms with E-state index < -0.39 is 0 Å². The van der Waals surface area contributed by atoms with Crippen LogP contribution in [0.2, 0.25) is 10.0 Å². The highest BCUT2D eigenvalue weighted by Crippen LogP contribution is 2.36. The third-order valence-corrected chi connectivity index (χ3v) is 5.10. The molecule has 25 heavy (non-hydrogen) atoms. The molecule has 4 rings (SSSR count). The number of nitrogens with zero attached hydrogens (tertiary/aromatic N) is 3. The second-order valence-corrected chi connectivity index (χ2v) is 7.17. The molecule has 3 aromatic rings. The summed E-state index contributed by atoms with van der Waals surface area (Å²) in [5, 5.41) is 9.88. The smallest absolute Gasteiger partial charge is 0.227 e. The van der Waals surface area contributed by atoms with E-state index in [4.69, 9.17) is 23.2 Å². The molecule has 2 aromatic carbocycles. The van der Waals surface area contributed by atoms with Gasteiger partial charge in [-0.25, -0.2) is 4.68 Å². The molecule has 0 bridgehead atoms. The molecule has 4 nitrogen and oxygen atoms in total. The van der Waals surface area contributed by atoms with Gasteiger partial charge >= 0.3 is 0 Å². The maximum atomic E-state index is 6.46. The van der Waals surface area contributed by atoms with Crippen molar-refractivity contribution < 1.29 is 0 Å². The maximum absolute atomic E-state index is 6.46. The average molecular weight is 389 g/mol. The van der Waals surface area contributed by atoms with Gasteiger partial charge in [-0.1, -0.05) is 71.4 Å². The van der Waals surface area contributed by atoms with Crippen LogP contribution in [0.25, 0.3) is 5.70 Å². The Morgan fingerprint density at radius 1 is 1.12 bits per heavy atom. The summed E-state index contributed by atoms with van der Waals surface area (Å²) in [5.41, 5.74) is 2.99. The molecule has 0 radical (unpaired) electrons. The Kier molecular flexibility index (Phi) is 4.46. The van der Waals surface area contributed by atoms with Gasteiger partial charge in [0.15, 0.2) is 0 Å². The lowest BCUT2D eigenvalue weighted by molar-refractivity contribution is 0.598. The van der Waals surface area contributed by atoms with Crippen LogP contribution in [0.5, 0.6) is 0 Å². The van der Waals surface area contributed by atoms with E-state index in [0.717, 1.165) is 16.8 Å². The van der Waals surface area contributed by atoms with Gasteiger partial charge in [-0.15, -0.1) is 5.10 Å². The van der Waals surface area contributed by atoms with Crippen molar-refractivity contribution in [2.75, 3.05) is 11.6 Å². The van der Waals surface area contributed by atoms with Gasteiger partial charge in [0, 0.05) is 15.7 Å². The van der Waals surface area contributed by atoms with E-state index in [1.807, 2.05) is 41.3 Å². The monoisotopic (exact) mass is 388 g/mol. The molecular formula is C18H14Cl2N4S. The lowest BCUT2D eigenvalue weighted by Gasteiger charge is -2.25.